The van der Waals surface area contributed by atoms with E-state index in [1.54, 1.807) is 0 Å². The number of carbonyl (C=O) groups is 2. The number of aliphatic hydroxyl groups excluding tert-OH is 1. The van der Waals surface area contributed by atoms with Gasteiger partial charge in [-0.05, 0) is 18.2 Å². The van der Waals surface area contributed by atoms with Crippen LogP contribution in [0.1, 0.15) is 16.8 Å². The molecular formula is C12H14FN3O3. The van der Waals surface area contributed by atoms with Crippen molar-refractivity contribution in [3.05, 3.63) is 29.6 Å². The zero-order valence-corrected chi connectivity index (χ0v) is 10.0. The second-order valence-corrected chi connectivity index (χ2v) is 4.50. The molecule has 1 aliphatic rings. The second-order valence-electron chi connectivity index (χ2n) is 4.50. The first-order valence-corrected chi connectivity index (χ1v) is 5.73. The Kier molecular flexibility index (Phi) is 3.39. The standard InChI is InChI=1S/C12H14FN3O3/c13-8-3-6(1-2-9(8)14)12(19)16-5-7(17)4-10(16)11(15)18/h1-3,7,10,17H,4-5,14H2,(H2,15,18). The first-order chi connectivity index (χ1) is 8.90. The van der Waals surface area contributed by atoms with Gasteiger partial charge in [0.05, 0.1) is 11.8 Å². The van der Waals surface area contributed by atoms with Crippen LogP contribution in [0.2, 0.25) is 0 Å². The van der Waals surface area contributed by atoms with E-state index < -0.39 is 29.8 Å². The Morgan fingerprint density at radius 3 is 2.68 bits per heavy atom. The molecule has 2 rings (SSSR count). The van der Waals surface area contributed by atoms with E-state index in [0.29, 0.717) is 0 Å². The smallest absolute Gasteiger partial charge is 0.254 e. The molecule has 7 heteroatoms. The molecule has 1 aliphatic heterocycles. The fourth-order valence-corrected chi connectivity index (χ4v) is 2.13. The van der Waals surface area contributed by atoms with Crippen LogP contribution in [0.15, 0.2) is 18.2 Å². The van der Waals surface area contributed by atoms with E-state index in [-0.39, 0.29) is 24.2 Å². The lowest BCUT2D eigenvalue weighted by molar-refractivity contribution is -0.121. The van der Waals surface area contributed by atoms with Crippen molar-refractivity contribution in [1.82, 2.24) is 4.90 Å². The lowest BCUT2D eigenvalue weighted by Gasteiger charge is -2.22. The Hall–Kier alpha value is -2.15. The van der Waals surface area contributed by atoms with Crippen LogP contribution in [-0.4, -0.2) is 40.5 Å². The number of anilines is 1. The second kappa shape index (κ2) is 4.85. The van der Waals surface area contributed by atoms with Gasteiger partial charge in [0.2, 0.25) is 5.91 Å². The minimum absolute atomic E-state index is 0.00155. The molecule has 2 unspecified atom stereocenters. The first-order valence-electron chi connectivity index (χ1n) is 5.73. The molecule has 2 amide bonds. The summed E-state index contributed by atoms with van der Waals surface area (Å²) < 4.78 is 13.3. The van der Waals surface area contributed by atoms with E-state index >= 15 is 0 Å². The highest BCUT2D eigenvalue weighted by atomic mass is 19.1. The van der Waals surface area contributed by atoms with Gasteiger partial charge in [-0.2, -0.15) is 0 Å². The third-order valence-corrected chi connectivity index (χ3v) is 3.12. The molecule has 0 aliphatic carbocycles. The molecule has 0 aromatic heterocycles. The van der Waals surface area contributed by atoms with Crippen molar-refractivity contribution in [2.45, 2.75) is 18.6 Å². The first kappa shape index (κ1) is 13.3. The minimum atomic E-state index is -0.872. The molecule has 0 radical (unpaired) electrons. The molecule has 102 valence electrons. The predicted molar refractivity (Wildman–Crippen MR) is 65.5 cm³/mol. The lowest BCUT2D eigenvalue weighted by atomic mass is 10.1. The highest BCUT2D eigenvalue weighted by Gasteiger charge is 2.38. The number of hydrogen-bond donors (Lipinski definition) is 3. The number of primary amides is 1. The van der Waals surface area contributed by atoms with Crippen molar-refractivity contribution in [2.24, 2.45) is 5.73 Å². The maximum Gasteiger partial charge on any atom is 0.254 e. The third-order valence-electron chi connectivity index (χ3n) is 3.12. The largest absolute Gasteiger partial charge is 0.396 e. The summed E-state index contributed by atoms with van der Waals surface area (Å²) >= 11 is 0. The van der Waals surface area contributed by atoms with Crippen molar-refractivity contribution in [1.29, 1.82) is 0 Å². The van der Waals surface area contributed by atoms with E-state index in [9.17, 15) is 19.1 Å². The van der Waals surface area contributed by atoms with E-state index in [2.05, 4.69) is 0 Å². The molecule has 1 aromatic rings. The van der Waals surface area contributed by atoms with Crippen molar-refractivity contribution < 1.29 is 19.1 Å². The molecule has 1 aromatic carbocycles. The zero-order chi connectivity index (χ0) is 14.2. The monoisotopic (exact) mass is 267 g/mol. The van der Waals surface area contributed by atoms with Gasteiger partial charge in [-0.25, -0.2) is 4.39 Å². The van der Waals surface area contributed by atoms with Crippen LogP contribution in [0.25, 0.3) is 0 Å². The average Bonchev–Trinajstić information content (AvgIpc) is 2.74. The number of β-amino-alcohol motifs (C(OH)–C–C–N with tert-alkyl or cyclic N) is 1. The Morgan fingerprint density at radius 2 is 2.11 bits per heavy atom. The highest BCUT2D eigenvalue weighted by molar-refractivity contribution is 5.98. The summed E-state index contributed by atoms with van der Waals surface area (Å²) in [6, 6.07) is 2.77. The number of hydrogen-bond acceptors (Lipinski definition) is 4. The number of aliphatic hydroxyl groups is 1. The Morgan fingerprint density at radius 1 is 1.42 bits per heavy atom. The van der Waals surface area contributed by atoms with Gasteiger partial charge in [0.1, 0.15) is 11.9 Å². The van der Waals surface area contributed by atoms with Gasteiger partial charge in [-0.3, -0.25) is 9.59 Å². The summed E-state index contributed by atoms with van der Waals surface area (Å²) in [6.07, 6.45) is -0.710. The number of nitrogen functional groups attached to an aromatic ring is 1. The van der Waals surface area contributed by atoms with Gasteiger partial charge in [0.25, 0.3) is 5.91 Å². The maximum atomic E-state index is 13.3. The van der Waals surface area contributed by atoms with Crippen LogP contribution in [0.4, 0.5) is 10.1 Å². The van der Waals surface area contributed by atoms with Gasteiger partial charge < -0.3 is 21.5 Å². The molecular weight excluding hydrogens is 253 g/mol. The van der Waals surface area contributed by atoms with E-state index in [4.69, 9.17) is 11.5 Å². The SMILES string of the molecule is NC(=O)C1CC(O)CN1C(=O)c1ccc(N)c(F)c1. The normalized spacial score (nSPS) is 22.5. The Labute approximate surface area is 108 Å². The number of rotatable bonds is 2. The topological polar surface area (TPSA) is 110 Å². The lowest BCUT2D eigenvalue weighted by Crippen LogP contribution is -2.43. The van der Waals surface area contributed by atoms with E-state index in [0.717, 1.165) is 11.0 Å². The van der Waals surface area contributed by atoms with Crippen molar-refractivity contribution in [2.75, 3.05) is 12.3 Å². The molecule has 0 spiro atoms. The van der Waals surface area contributed by atoms with Crippen LogP contribution in [0.3, 0.4) is 0 Å². The van der Waals surface area contributed by atoms with Gasteiger partial charge in [-0.15, -0.1) is 0 Å². The molecule has 0 bridgehead atoms. The Bertz CT molecular complexity index is 535. The summed E-state index contributed by atoms with van der Waals surface area (Å²) in [5.41, 5.74) is 10.5. The van der Waals surface area contributed by atoms with Crippen molar-refractivity contribution in [3.63, 3.8) is 0 Å². The number of likely N-dealkylation sites (tertiary alicyclic amines) is 1. The quantitative estimate of drug-likeness (QED) is 0.625. The van der Waals surface area contributed by atoms with Gasteiger partial charge in [0, 0.05) is 18.5 Å². The van der Waals surface area contributed by atoms with Gasteiger partial charge in [0.15, 0.2) is 0 Å². The van der Waals surface area contributed by atoms with Gasteiger partial charge >= 0.3 is 0 Å². The molecule has 1 saturated heterocycles. The molecule has 5 N–H and O–H groups in total. The highest BCUT2D eigenvalue weighted by Crippen LogP contribution is 2.21. The van der Waals surface area contributed by atoms with E-state index in [1.165, 1.54) is 12.1 Å². The van der Waals surface area contributed by atoms with Crippen LogP contribution < -0.4 is 11.5 Å². The van der Waals surface area contributed by atoms with Crippen LogP contribution in [0.5, 0.6) is 0 Å². The number of nitrogens with two attached hydrogens (primary N) is 2. The molecule has 19 heavy (non-hydrogen) atoms. The molecule has 1 fully saturated rings. The predicted octanol–water partition coefficient (Wildman–Crippen LogP) is -0.531. The summed E-state index contributed by atoms with van der Waals surface area (Å²) in [5.74, 6) is -1.96. The molecule has 6 nitrogen and oxygen atoms in total. The Balaban J connectivity index is 2.27. The zero-order valence-electron chi connectivity index (χ0n) is 10.0. The molecule has 1 heterocycles. The van der Waals surface area contributed by atoms with Crippen molar-refractivity contribution in [3.8, 4) is 0 Å². The average molecular weight is 267 g/mol. The number of amides is 2. The summed E-state index contributed by atoms with van der Waals surface area (Å²) in [5, 5.41) is 9.52. The fourth-order valence-electron chi connectivity index (χ4n) is 2.13. The maximum absolute atomic E-state index is 13.3. The van der Waals surface area contributed by atoms with Gasteiger partial charge in [-0.1, -0.05) is 0 Å². The molecule has 0 saturated carbocycles. The van der Waals surface area contributed by atoms with Crippen LogP contribution >= 0.6 is 0 Å². The number of carbonyl (C=O) groups excluding carboxylic acids is 2. The summed E-state index contributed by atoms with van der Waals surface area (Å²) in [4.78, 5) is 24.6. The van der Waals surface area contributed by atoms with Crippen molar-refractivity contribution >= 4 is 17.5 Å². The number of nitrogens with zero attached hydrogens (tertiary/aromatic N) is 1. The van der Waals surface area contributed by atoms with Crippen LogP contribution in [-0.2, 0) is 4.79 Å². The fraction of sp³-hybridized carbons (Fsp3) is 0.333. The summed E-state index contributed by atoms with van der Waals surface area (Å²) in [6.45, 7) is -0.00155. The number of halogens is 1. The minimum Gasteiger partial charge on any atom is -0.396 e. The molecule has 2 atom stereocenters. The summed E-state index contributed by atoms with van der Waals surface area (Å²) in [7, 11) is 0. The number of benzene rings is 1. The van der Waals surface area contributed by atoms with Crippen LogP contribution in [0, 0.1) is 5.82 Å². The third kappa shape index (κ3) is 2.50. The van der Waals surface area contributed by atoms with E-state index in [1.807, 2.05) is 0 Å².